The second kappa shape index (κ2) is 8.60. The molecular weight excluding hydrogens is 426 g/mol. The fourth-order valence-electron chi connectivity index (χ4n) is 3.83. The van der Waals surface area contributed by atoms with E-state index in [-0.39, 0.29) is 0 Å². The summed E-state index contributed by atoms with van der Waals surface area (Å²) >= 11 is 1.20. The third kappa shape index (κ3) is 4.32. The molecule has 2 fully saturated rings. The molecule has 3 amide bonds. The van der Waals surface area contributed by atoms with Gasteiger partial charge >= 0.3 is 12.1 Å². The molecule has 170 valence electrons. The van der Waals surface area contributed by atoms with Crippen LogP contribution in [-0.2, 0) is 9.47 Å². The number of pyridine rings is 1. The summed E-state index contributed by atoms with van der Waals surface area (Å²) in [7, 11) is 1.48. The summed E-state index contributed by atoms with van der Waals surface area (Å²) in [5.41, 5.74) is 4.33. The van der Waals surface area contributed by atoms with Crippen LogP contribution in [0.1, 0.15) is 19.8 Å². The van der Waals surface area contributed by atoms with E-state index in [1.807, 2.05) is 0 Å². The summed E-state index contributed by atoms with van der Waals surface area (Å²) in [6, 6.07) is -0.761. The van der Waals surface area contributed by atoms with E-state index >= 15 is 0 Å². The molecule has 0 spiro atoms. The van der Waals surface area contributed by atoms with Gasteiger partial charge in [-0.2, -0.15) is 0 Å². The molecule has 3 aliphatic rings. The van der Waals surface area contributed by atoms with Crippen LogP contribution in [0.5, 0.6) is 5.75 Å². The van der Waals surface area contributed by atoms with E-state index in [0.717, 1.165) is 0 Å². The van der Waals surface area contributed by atoms with E-state index in [9.17, 15) is 14.7 Å². The van der Waals surface area contributed by atoms with Gasteiger partial charge in [-0.15, -0.1) is 0 Å². The molecule has 4 rings (SSSR count). The zero-order valence-electron chi connectivity index (χ0n) is 17.6. The Bertz CT molecular complexity index is 852. The number of nitrogens with zero attached hydrogens (tertiary/aromatic N) is 4. The Morgan fingerprint density at radius 2 is 1.97 bits per heavy atom. The van der Waals surface area contributed by atoms with Crippen molar-refractivity contribution in [2.75, 3.05) is 56.3 Å². The van der Waals surface area contributed by atoms with Crippen LogP contribution < -0.4 is 20.3 Å². The normalized spacial score (nSPS) is 22.8. The molecule has 3 N–H and O–H groups in total. The van der Waals surface area contributed by atoms with Gasteiger partial charge in [0.25, 0.3) is 0 Å². The van der Waals surface area contributed by atoms with E-state index in [1.165, 1.54) is 34.9 Å². The number of aromatic nitrogens is 1. The first-order valence-electron chi connectivity index (χ1n) is 10.1. The van der Waals surface area contributed by atoms with Gasteiger partial charge in [0.1, 0.15) is 11.5 Å². The first-order valence-corrected chi connectivity index (χ1v) is 11.0. The molecule has 1 aromatic heterocycles. The number of fused-ring (bicyclic) bond motifs is 1. The fourth-order valence-corrected chi connectivity index (χ4v) is 5.07. The second-order valence-corrected chi connectivity index (χ2v) is 8.98. The van der Waals surface area contributed by atoms with Gasteiger partial charge in [0.15, 0.2) is 5.75 Å². The van der Waals surface area contributed by atoms with Crippen LogP contribution in [0.15, 0.2) is 11.1 Å². The number of morpholine rings is 1. The number of ether oxygens (including phenoxy) is 3. The van der Waals surface area contributed by atoms with E-state index < -0.39 is 23.3 Å². The Labute approximate surface area is 184 Å². The molecule has 2 saturated heterocycles. The number of likely N-dealkylation sites (tertiary alicyclic amines) is 1. The Balaban J connectivity index is 1.59. The van der Waals surface area contributed by atoms with Crippen molar-refractivity contribution in [3.8, 4) is 5.75 Å². The minimum Gasteiger partial charge on any atom is -0.493 e. The number of amides is 3. The lowest BCUT2D eigenvalue weighted by Gasteiger charge is -2.35. The van der Waals surface area contributed by atoms with Crippen molar-refractivity contribution in [2.24, 2.45) is 5.73 Å². The summed E-state index contributed by atoms with van der Waals surface area (Å²) in [4.78, 5) is 35.1. The predicted octanol–water partition coefficient (Wildman–Crippen LogP) is 1.18. The maximum Gasteiger partial charge on any atom is 0.412 e. The van der Waals surface area contributed by atoms with E-state index in [0.29, 0.717) is 74.4 Å². The number of aliphatic hydroxyl groups is 1. The molecule has 31 heavy (non-hydrogen) atoms. The highest BCUT2D eigenvalue weighted by molar-refractivity contribution is 8.00. The fraction of sp³-hybridized carbons (Fsp3) is 0.632. The predicted molar refractivity (Wildman–Crippen MR) is 113 cm³/mol. The number of thioether (sulfide) groups is 1. The monoisotopic (exact) mass is 453 g/mol. The molecule has 4 heterocycles. The number of anilines is 2. The van der Waals surface area contributed by atoms with Gasteiger partial charge in [0.05, 0.1) is 37.0 Å². The first kappa shape index (κ1) is 21.8. The van der Waals surface area contributed by atoms with Gasteiger partial charge in [0, 0.05) is 26.2 Å². The summed E-state index contributed by atoms with van der Waals surface area (Å²) < 4.78 is 16.5. The van der Waals surface area contributed by atoms with Crippen molar-refractivity contribution in [3.63, 3.8) is 0 Å². The molecule has 3 aliphatic heterocycles. The number of hydrogen-bond acceptors (Lipinski definition) is 9. The van der Waals surface area contributed by atoms with Gasteiger partial charge in [-0.3, -0.25) is 0 Å². The van der Waals surface area contributed by atoms with Crippen molar-refractivity contribution in [1.82, 2.24) is 9.88 Å². The zero-order valence-corrected chi connectivity index (χ0v) is 18.4. The number of hydrogen-bond donors (Lipinski definition) is 2. The highest BCUT2D eigenvalue weighted by atomic mass is 32.2. The highest BCUT2D eigenvalue weighted by Crippen LogP contribution is 2.52. The minimum atomic E-state index is -0.986. The zero-order chi connectivity index (χ0) is 22.2. The molecule has 0 aromatic carbocycles. The van der Waals surface area contributed by atoms with Crippen LogP contribution in [0.4, 0.5) is 21.1 Å². The standard InChI is InChI=1S/C19H27N5O6S/c1-19(27)3-5-23(6-4-19)17(26)30-18-24(16(20)25)13-12(28-2)11-21-15(14(13)31-18)22-7-9-29-10-8-22/h11,18,27H,3-10H2,1-2H3,(H2,20,25). The average molecular weight is 454 g/mol. The topological polar surface area (TPSA) is 131 Å². The van der Waals surface area contributed by atoms with Crippen LogP contribution in [0.2, 0.25) is 0 Å². The van der Waals surface area contributed by atoms with Gasteiger partial charge in [-0.1, -0.05) is 11.8 Å². The lowest BCUT2D eigenvalue weighted by Crippen LogP contribution is -2.48. The van der Waals surface area contributed by atoms with Gasteiger partial charge in [-0.05, 0) is 19.8 Å². The third-order valence-corrected chi connectivity index (χ3v) is 6.81. The van der Waals surface area contributed by atoms with Crippen LogP contribution >= 0.6 is 11.8 Å². The maximum atomic E-state index is 12.8. The summed E-state index contributed by atoms with van der Waals surface area (Å²) in [5, 5.41) is 10.1. The number of methoxy groups -OCH3 is 1. The lowest BCUT2D eigenvalue weighted by atomic mass is 9.94. The molecular formula is C19H27N5O6S. The molecule has 0 aliphatic carbocycles. The van der Waals surface area contributed by atoms with E-state index in [4.69, 9.17) is 19.9 Å². The van der Waals surface area contributed by atoms with E-state index in [1.54, 1.807) is 6.92 Å². The molecule has 1 aromatic rings. The van der Waals surface area contributed by atoms with Gasteiger partial charge in [0.2, 0.25) is 5.56 Å². The molecule has 1 atom stereocenters. The van der Waals surface area contributed by atoms with Crippen molar-refractivity contribution in [2.45, 2.75) is 35.8 Å². The molecule has 1 unspecified atom stereocenters. The Morgan fingerprint density at radius 1 is 1.29 bits per heavy atom. The minimum absolute atomic E-state index is 0.367. The van der Waals surface area contributed by atoms with Crippen LogP contribution in [0.25, 0.3) is 0 Å². The number of nitrogens with two attached hydrogens (primary N) is 1. The SMILES string of the molecule is COc1cnc(N2CCOCC2)c2c1N(C(N)=O)C(OC(=O)N1CCC(C)(O)CC1)S2. The quantitative estimate of drug-likeness (QED) is 0.693. The number of carbonyl (C=O) groups excluding carboxylic acids is 2. The number of rotatable bonds is 3. The van der Waals surface area contributed by atoms with Crippen molar-refractivity contribution in [1.29, 1.82) is 0 Å². The molecule has 0 bridgehead atoms. The van der Waals surface area contributed by atoms with E-state index in [2.05, 4.69) is 9.88 Å². The Hall–Kier alpha value is -2.44. The number of primary amides is 1. The summed E-state index contributed by atoms with van der Waals surface area (Å²) in [5.74, 6) is 1.04. The largest absolute Gasteiger partial charge is 0.493 e. The molecule has 11 nitrogen and oxygen atoms in total. The van der Waals surface area contributed by atoms with Gasteiger partial charge in [-0.25, -0.2) is 19.5 Å². The molecule has 0 saturated carbocycles. The lowest BCUT2D eigenvalue weighted by molar-refractivity contribution is -0.00676. The Kier molecular flexibility index (Phi) is 6.04. The first-order chi connectivity index (χ1) is 14.8. The molecule has 0 radical (unpaired) electrons. The number of urea groups is 1. The number of carbonyl (C=O) groups is 2. The van der Waals surface area contributed by atoms with Gasteiger partial charge < -0.3 is 34.9 Å². The number of piperidine rings is 1. The summed E-state index contributed by atoms with van der Waals surface area (Å²) in [6.45, 7) is 4.95. The van der Waals surface area contributed by atoms with Crippen molar-refractivity contribution in [3.05, 3.63) is 6.20 Å². The molecule has 12 heteroatoms. The third-order valence-electron chi connectivity index (χ3n) is 5.69. The van der Waals surface area contributed by atoms with Crippen molar-refractivity contribution < 1.29 is 28.9 Å². The highest BCUT2D eigenvalue weighted by Gasteiger charge is 2.43. The van der Waals surface area contributed by atoms with Crippen LogP contribution in [0.3, 0.4) is 0 Å². The Morgan fingerprint density at radius 3 is 2.58 bits per heavy atom. The maximum absolute atomic E-state index is 12.8. The van der Waals surface area contributed by atoms with Crippen molar-refractivity contribution >= 4 is 35.4 Å². The van der Waals surface area contributed by atoms with Crippen LogP contribution in [0, 0.1) is 0 Å². The average Bonchev–Trinajstić information content (AvgIpc) is 3.12. The summed E-state index contributed by atoms with van der Waals surface area (Å²) in [6.07, 6.45) is 1.89. The second-order valence-electron chi connectivity index (χ2n) is 7.93. The van der Waals surface area contributed by atoms with Crippen LogP contribution in [-0.4, -0.2) is 84.8 Å². The smallest absolute Gasteiger partial charge is 0.412 e.